The van der Waals surface area contributed by atoms with Crippen molar-refractivity contribution in [3.63, 3.8) is 0 Å². The number of hydrogen-bond acceptors (Lipinski definition) is 6. The Hall–Kier alpha value is 0.722. The van der Waals surface area contributed by atoms with Crippen LogP contribution in [0.2, 0.25) is 0 Å². The first-order chi connectivity index (χ1) is 3.41. The van der Waals surface area contributed by atoms with Gasteiger partial charge in [-0.2, -0.15) is 7.82 Å². The molecule has 0 saturated carbocycles. The second kappa shape index (κ2) is 8.72. The van der Waals surface area contributed by atoms with Gasteiger partial charge in [0, 0.05) is 0 Å². The van der Waals surface area contributed by atoms with E-state index in [1.165, 1.54) is 0 Å². The van der Waals surface area contributed by atoms with Crippen molar-refractivity contribution in [2.24, 2.45) is 0 Å². The van der Waals surface area contributed by atoms with Crippen molar-refractivity contribution in [3.8, 4) is 0 Å². The van der Waals surface area contributed by atoms with Gasteiger partial charge in [-0.1, -0.05) is 0 Å². The molecule has 0 rings (SSSR count). The standard InChI is InChI=1S/H3N.H3O4P.2O.U/c;1-5(2,3)4;;;/h1H3;(H3,1,2,3,4);;;/q;;;;+2/p-2. The van der Waals surface area contributed by atoms with Crippen molar-refractivity contribution < 1.29 is 51.5 Å². The van der Waals surface area contributed by atoms with Gasteiger partial charge in [0.15, 0.2) is 0 Å². The summed E-state index contributed by atoms with van der Waals surface area (Å²) in [7, 11) is -5.39. The number of quaternary nitrogens is 1. The van der Waals surface area contributed by atoms with Gasteiger partial charge in [-0.05, 0) is 0 Å². The number of hydrogen-bond donors (Lipinski definition) is 1. The first-order valence-corrected chi connectivity index (χ1v) is 6.00. The molecule has 0 aromatic carbocycles. The summed E-state index contributed by atoms with van der Waals surface area (Å²) in [5.41, 5.74) is 0. The Labute approximate surface area is 65.5 Å². The molecule has 54 valence electrons. The number of phosphoric acid groups is 1. The fraction of sp³-hybridized carbons (Fsp3) is 0. The van der Waals surface area contributed by atoms with Gasteiger partial charge >= 0.3 is 32.3 Å². The average Bonchev–Trinajstić information content (AvgIpc) is 1.27. The monoisotopic (exact) mass is 383 g/mol. The van der Waals surface area contributed by atoms with Crippen LogP contribution in [0.4, 0.5) is 0 Å². The van der Waals surface area contributed by atoms with Gasteiger partial charge in [0.2, 0.25) is 0 Å². The Kier molecular flexibility index (Phi) is 15.9. The minimum absolute atomic E-state index is 0. The zero-order valence-corrected chi connectivity index (χ0v) is 9.45. The zero-order valence-electron chi connectivity index (χ0n) is 4.40. The van der Waals surface area contributed by atoms with Crippen LogP contribution < -0.4 is 20.8 Å². The minimum atomic E-state index is -5.39. The molecule has 0 saturated heterocycles. The third-order valence-electron chi connectivity index (χ3n) is 0. The van der Waals surface area contributed by atoms with Gasteiger partial charge in [-0.15, -0.1) is 0 Å². The van der Waals surface area contributed by atoms with E-state index in [-0.39, 0.29) is 6.15 Å². The van der Waals surface area contributed by atoms with Crippen LogP contribution in [0.25, 0.3) is 0 Å². The summed E-state index contributed by atoms with van der Waals surface area (Å²) in [6, 6.07) is 0. The average molecular weight is 383 g/mol. The Morgan fingerprint density at radius 3 is 1.11 bits per heavy atom. The van der Waals surface area contributed by atoms with Gasteiger partial charge in [0.05, 0.1) is 0 Å². The Bertz CT molecular complexity index is 111. The first kappa shape index (κ1) is 16.4. The van der Waals surface area contributed by atoms with Gasteiger partial charge < -0.3 is 25.4 Å². The van der Waals surface area contributed by atoms with E-state index in [1.807, 2.05) is 0 Å². The fourth-order valence-corrected chi connectivity index (χ4v) is 0. The van der Waals surface area contributed by atoms with Gasteiger partial charge in [-0.25, -0.2) is 0 Å². The van der Waals surface area contributed by atoms with E-state index in [0.717, 1.165) is 0 Å². The second-order valence-electron chi connectivity index (χ2n) is 0.531. The van der Waals surface area contributed by atoms with Crippen molar-refractivity contribution in [2.75, 3.05) is 0 Å². The summed E-state index contributed by atoms with van der Waals surface area (Å²) in [6.45, 7) is 0. The second-order valence-corrected chi connectivity index (χ2v) is 2.12. The predicted octanol–water partition coefficient (Wildman–Crippen LogP) is -2.69. The Morgan fingerprint density at radius 1 is 1.11 bits per heavy atom. The summed E-state index contributed by atoms with van der Waals surface area (Å²) in [5.74, 6) is 0. The SMILES string of the molecule is O=P([O-])([O-])[O-].[NH4+].[O]=[U+2]=[O]. The molecule has 0 aliphatic heterocycles. The molecule has 0 radical (unpaired) electrons. The molecule has 0 bridgehead atoms. The maximum absolute atomic E-state index is 8.58. The molecule has 0 atom stereocenters. The molecule has 0 heterocycles. The molecule has 7 nitrogen and oxygen atoms in total. The van der Waals surface area contributed by atoms with E-state index >= 15 is 0 Å². The summed E-state index contributed by atoms with van der Waals surface area (Å²) in [4.78, 5) is 25.6. The number of rotatable bonds is 0. The molecule has 0 unspecified atom stereocenters. The van der Waals surface area contributed by atoms with E-state index in [9.17, 15) is 0 Å². The van der Waals surface area contributed by atoms with Crippen molar-refractivity contribution in [2.45, 2.75) is 0 Å². The molecule has 9 heteroatoms. The molecule has 0 aromatic heterocycles. The molecule has 9 heavy (non-hydrogen) atoms. The molecule has 4 N–H and O–H groups in total. The predicted molar refractivity (Wildman–Crippen MR) is 15.0 cm³/mol. The maximum atomic E-state index is 8.58. The Balaban J connectivity index is -0.0000000800. The summed E-state index contributed by atoms with van der Waals surface area (Å²) in [6.07, 6.45) is 0. The molecular weight excluding hydrogens is 379 g/mol. The van der Waals surface area contributed by atoms with Crippen molar-refractivity contribution in [1.29, 1.82) is 0 Å². The van der Waals surface area contributed by atoms with E-state index < -0.39 is 35.6 Å². The molecule has 0 fully saturated rings. The van der Waals surface area contributed by atoms with Crippen LogP contribution in [0, 0.1) is 27.8 Å². The van der Waals surface area contributed by atoms with Crippen molar-refractivity contribution in [3.05, 3.63) is 0 Å². The molecule has 0 amide bonds. The molecule has 0 aromatic rings. The quantitative estimate of drug-likeness (QED) is 0.449. The topological polar surface area (TPSA) is 157 Å². The van der Waals surface area contributed by atoms with E-state index in [4.69, 9.17) is 23.7 Å². The van der Waals surface area contributed by atoms with E-state index in [0.29, 0.717) is 0 Å². The normalized spacial score (nSPS) is 7.44. The van der Waals surface area contributed by atoms with Crippen LogP contribution in [-0.4, -0.2) is 0 Å². The van der Waals surface area contributed by atoms with Gasteiger partial charge in [0.1, 0.15) is 0 Å². The van der Waals surface area contributed by atoms with Crippen LogP contribution in [0.1, 0.15) is 0 Å². The Morgan fingerprint density at radius 2 is 1.11 bits per heavy atom. The van der Waals surface area contributed by atoms with Crippen LogP contribution in [0.3, 0.4) is 0 Å². The molecular formula is H4NO6PU. The zero-order chi connectivity index (χ0) is 7.21. The summed E-state index contributed by atoms with van der Waals surface area (Å²) < 4.78 is 25.7. The van der Waals surface area contributed by atoms with Gasteiger partial charge in [-0.3, -0.25) is 0 Å². The van der Waals surface area contributed by atoms with Crippen LogP contribution in [0.5, 0.6) is 0 Å². The van der Waals surface area contributed by atoms with Crippen molar-refractivity contribution >= 4 is 7.82 Å². The van der Waals surface area contributed by atoms with Crippen LogP contribution >= 0.6 is 7.82 Å². The van der Waals surface area contributed by atoms with Crippen LogP contribution in [0.15, 0.2) is 0 Å². The summed E-state index contributed by atoms with van der Waals surface area (Å²) >= 11 is -2.51. The summed E-state index contributed by atoms with van der Waals surface area (Å²) in [5, 5.41) is 0. The van der Waals surface area contributed by atoms with Crippen molar-refractivity contribution in [1.82, 2.24) is 6.15 Å². The van der Waals surface area contributed by atoms with E-state index in [2.05, 4.69) is 0 Å². The first-order valence-electron chi connectivity index (χ1n) is 1.14. The third-order valence-corrected chi connectivity index (χ3v) is 0. The molecule has 0 spiro atoms. The van der Waals surface area contributed by atoms with E-state index in [1.54, 1.807) is 0 Å². The fourth-order valence-electron chi connectivity index (χ4n) is 0. The van der Waals surface area contributed by atoms with Crippen LogP contribution in [-0.2, 0) is 9.04 Å². The molecule has 0 aliphatic rings. The third kappa shape index (κ3) is 756. The molecule has 0 aliphatic carbocycles. The van der Waals surface area contributed by atoms with Gasteiger partial charge in [0.25, 0.3) is 0 Å².